The zero-order valence-electron chi connectivity index (χ0n) is 14.7. The molecule has 0 bridgehead atoms. The van der Waals surface area contributed by atoms with E-state index in [2.05, 4.69) is 16.0 Å². The number of carbonyl (C=O) groups is 3. The van der Waals surface area contributed by atoms with Crippen LogP contribution in [0.5, 0.6) is 0 Å². The van der Waals surface area contributed by atoms with Crippen molar-refractivity contribution in [2.45, 2.75) is 20.4 Å². The molecule has 7 nitrogen and oxygen atoms in total. The van der Waals surface area contributed by atoms with Gasteiger partial charge in [0, 0.05) is 24.7 Å². The Hall–Kier alpha value is -2.41. The molecule has 24 heavy (non-hydrogen) atoms. The molecule has 1 rings (SSSR count). The maximum atomic E-state index is 11.8. The molecule has 0 aromatic heterocycles. The molecule has 0 saturated heterocycles. The van der Waals surface area contributed by atoms with Crippen LogP contribution < -0.4 is 20.9 Å². The van der Waals surface area contributed by atoms with Crippen LogP contribution in [0.1, 0.15) is 29.8 Å². The molecule has 1 atom stereocenters. The highest BCUT2D eigenvalue weighted by atomic mass is 16.2. The van der Waals surface area contributed by atoms with Crippen molar-refractivity contribution >= 4 is 17.8 Å². The van der Waals surface area contributed by atoms with Gasteiger partial charge in [-0.1, -0.05) is 26.0 Å². The van der Waals surface area contributed by atoms with E-state index in [1.165, 1.54) is 0 Å². The number of amides is 4. The van der Waals surface area contributed by atoms with E-state index in [1.54, 1.807) is 19.2 Å². The third-order valence-electron chi connectivity index (χ3n) is 3.34. The molecule has 7 heteroatoms. The Labute approximate surface area is 142 Å². The Morgan fingerprint density at radius 1 is 1.12 bits per heavy atom. The summed E-state index contributed by atoms with van der Waals surface area (Å²) in [5.41, 5.74) is 1.61. The molecule has 0 aliphatic heterocycles. The first-order valence-electron chi connectivity index (χ1n) is 8.01. The van der Waals surface area contributed by atoms with Crippen LogP contribution in [0.4, 0.5) is 4.79 Å². The summed E-state index contributed by atoms with van der Waals surface area (Å²) in [6, 6.07) is 6.76. The van der Waals surface area contributed by atoms with Gasteiger partial charge in [0.25, 0.3) is 11.8 Å². The van der Waals surface area contributed by atoms with Crippen molar-refractivity contribution < 1.29 is 19.3 Å². The van der Waals surface area contributed by atoms with Gasteiger partial charge >= 0.3 is 6.03 Å². The van der Waals surface area contributed by atoms with Crippen molar-refractivity contribution in [1.82, 2.24) is 16.0 Å². The molecular weight excluding hydrogens is 308 g/mol. The Bertz CT molecular complexity index is 570. The van der Waals surface area contributed by atoms with Crippen LogP contribution in [-0.2, 0) is 11.3 Å². The fourth-order valence-electron chi connectivity index (χ4n) is 2.12. The van der Waals surface area contributed by atoms with E-state index in [0.29, 0.717) is 24.6 Å². The first-order valence-corrected chi connectivity index (χ1v) is 8.01. The maximum absolute atomic E-state index is 11.8. The lowest BCUT2D eigenvalue weighted by atomic mass is 10.1. The van der Waals surface area contributed by atoms with Gasteiger partial charge < -0.3 is 15.5 Å². The Balaban J connectivity index is 2.42. The summed E-state index contributed by atoms with van der Waals surface area (Å²) in [5, 5.41) is 7.53. The standard InChI is InChI=1S/C17H26N4O3/c1-12(2)9-19-17(24)20-15(22)11-21(4)10-13-5-7-14(8-6-13)16(23)18-3/h5-8,12H,9-11H2,1-4H3,(H,18,23)(H2,19,20,22,24)/p+1. The third-order valence-corrected chi connectivity index (χ3v) is 3.34. The molecule has 0 aliphatic carbocycles. The topological polar surface area (TPSA) is 91.7 Å². The van der Waals surface area contributed by atoms with Gasteiger partial charge in [0.05, 0.1) is 7.05 Å². The number of nitrogens with one attached hydrogen (secondary N) is 4. The van der Waals surface area contributed by atoms with Crippen LogP contribution in [0.25, 0.3) is 0 Å². The lowest BCUT2D eigenvalue weighted by molar-refractivity contribution is -0.885. The monoisotopic (exact) mass is 335 g/mol. The smallest absolute Gasteiger partial charge is 0.321 e. The predicted octanol–water partition coefficient (Wildman–Crippen LogP) is -0.457. The average molecular weight is 335 g/mol. The van der Waals surface area contributed by atoms with Gasteiger partial charge in [-0.15, -0.1) is 0 Å². The van der Waals surface area contributed by atoms with Gasteiger partial charge in [-0.25, -0.2) is 4.79 Å². The second-order valence-corrected chi connectivity index (χ2v) is 6.24. The highest BCUT2D eigenvalue weighted by Gasteiger charge is 2.14. The van der Waals surface area contributed by atoms with Crippen molar-refractivity contribution in [1.29, 1.82) is 0 Å². The molecule has 1 unspecified atom stereocenters. The summed E-state index contributed by atoms with van der Waals surface area (Å²) in [5.74, 6) is -0.123. The number of hydrogen-bond acceptors (Lipinski definition) is 3. The molecule has 0 radical (unpaired) electrons. The van der Waals surface area contributed by atoms with Gasteiger partial charge in [-0.05, 0) is 18.1 Å². The van der Waals surface area contributed by atoms with Crippen molar-refractivity contribution in [3.63, 3.8) is 0 Å². The SMILES string of the molecule is CNC(=O)c1ccc(C[NH+](C)CC(=O)NC(=O)NCC(C)C)cc1. The molecule has 0 heterocycles. The van der Waals surface area contributed by atoms with Crippen molar-refractivity contribution in [2.75, 3.05) is 27.2 Å². The first kappa shape index (κ1) is 19.6. The Morgan fingerprint density at radius 3 is 2.29 bits per heavy atom. The highest BCUT2D eigenvalue weighted by molar-refractivity contribution is 5.94. The Morgan fingerprint density at radius 2 is 1.75 bits per heavy atom. The van der Waals surface area contributed by atoms with Crippen LogP contribution >= 0.6 is 0 Å². The van der Waals surface area contributed by atoms with Gasteiger partial charge in [-0.2, -0.15) is 0 Å². The largest absolute Gasteiger partial charge is 0.355 e. The number of carbonyl (C=O) groups excluding carboxylic acids is 3. The number of benzene rings is 1. The Kier molecular flexibility index (Phi) is 7.91. The van der Waals surface area contributed by atoms with E-state index >= 15 is 0 Å². The molecular formula is C17H27N4O3+. The van der Waals surface area contributed by atoms with E-state index in [-0.39, 0.29) is 18.4 Å². The fraction of sp³-hybridized carbons (Fsp3) is 0.471. The molecule has 4 N–H and O–H groups in total. The first-order chi connectivity index (χ1) is 11.3. The van der Waals surface area contributed by atoms with Gasteiger partial charge in [0.2, 0.25) is 0 Å². The molecule has 0 aliphatic rings. The van der Waals surface area contributed by atoms with Crippen LogP contribution in [0, 0.1) is 5.92 Å². The third kappa shape index (κ3) is 7.23. The van der Waals surface area contributed by atoms with Crippen molar-refractivity contribution in [3.05, 3.63) is 35.4 Å². The van der Waals surface area contributed by atoms with Gasteiger partial charge in [0.15, 0.2) is 6.54 Å². The molecule has 0 fully saturated rings. The number of imide groups is 1. The summed E-state index contributed by atoms with van der Waals surface area (Å²) in [7, 11) is 3.46. The summed E-state index contributed by atoms with van der Waals surface area (Å²) >= 11 is 0. The number of urea groups is 1. The molecule has 0 spiro atoms. The summed E-state index contributed by atoms with van der Waals surface area (Å²) in [6.45, 7) is 5.30. The van der Waals surface area contributed by atoms with Crippen LogP contribution in [0.2, 0.25) is 0 Å². The van der Waals surface area contributed by atoms with Gasteiger partial charge in [-0.3, -0.25) is 14.9 Å². The minimum atomic E-state index is -0.462. The number of rotatable bonds is 7. The predicted molar refractivity (Wildman–Crippen MR) is 91.7 cm³/mol. The molecule has 132 valence electrons. The van der Waals surface area contributed by atoms with E-state index in [1.807, 2.05) is 33.0 Å². The van der Waals surface area contributed by atoms with E-state index in [4.69, 9.17) is 0 Å². The lowest BCUT2D eigenvalue weighted by Crippen LogP contribution is -3.09. The van der Waals surface area contributed by atoms with E-state index in [0.717, 1.165) is 10.5 Å². The zero-order valence-corrected chi connectivity index (χ0v) is 14.7. The summed E-state index contributed by atoms with van der Waals surface area (Å²) in [6.07, 6.45) is 0. The molecule has 0 saturated carbocycles. The summed E-state index contributed by atoms with van der Waals surface area (Å²) in [4.78, 5) is 35.8. The van der Waals surface area contributed by atoms with Gasteiger partial charge in [0.1, 0.15) is 6.54 Å². The normalized spacial score (nSPS) is 11.7. The van der Waals surface area contributed by atoms with Crippen molar-refractivity contribution in [2.24, 2.45) is 5.92 Å². The molecule has 4 amide bonds. The highest BCUT2D eigenvalue weighted by Crippen LogP contribution is 2.03. The maximum Gasteiger partial charge on any atom is 0.321 e. The van der Waals surface area contributed by atoms with E-state index in [9.17, 15) is 14.4 Å². The number of hydrogen-bond donors (Lipinski definition) is 4. The fourth-order valence-corrected chi connectivity index (χ4v) is 2.12. The summed E-state index contributed by atoms with van der Waals surface area (Å²) < 4.78 is 0. The van der Waals surface area contributed by atoms with Crippen molar-refractivity contribution in [3.8, 4) is 0 Å². The number of likely N-dealkylation sites (N-methyl/N-ethyl adjacent to an activating group) is 1. The average Bonchev–Trinajstić information content (AvgIpc) is 2.52. The van der Waals surface area contributed by atoms with Crippen LogP contribution in [0.15, 0.2) is 24.3 Å². The van der Waals surface area contributed by atoms with Crippen LogP contribution in [-0.4, -0.2) is 45.0 Å². The van der Waals surface area contributed by atoms with E-state index < -0.39 is 6.03 Å². The zero-order chi connectivity index (χ0) is 18.1. The number of quaternary nitrogens is 1. The quantitative estimate of drug-likeness (QED) is 0.543. The minimum Gasteiger partial charge on any atom is -0.355 e. The lowest BCUT2D eigenvalue weighted by Gasteiger charge is -2.14. The molecule has 1 aromatic rings. The molecule has 1 aromatic carbocycles. The second kappa shape index (κ2) is 9.67. The second-order valence-electron chi connectivity index (χ2n) is 6.24. The minimum absolute atomic E-state index is 0.131. The van der Waals surface area contributed by atoms with Crippen LogP contribution in [0.3, 0.4) is 0 Å².